The molecule has 0 bridgehead atoms. The Hall–Kier alpha value is -1.19. The summed E-state index contributed by atoms with van der Waals surface area (Å²) >= 11 is 7.63. The average Bonchev–Trinajstić information content (AvgIpc) is 3.16. The second-order valence-electron chi connectivity index (χ2n) is 9.44. The number of sulfonamides is 1. The monoisotopic (exact) mass is 510 g/mol. The lowest BCUT2D eigenvalue weighted by Gasteiger charge is -2.36. The van der Waals surface area contributed by atoms with Crippen LogP contribution in [0.2, 0.25) is 5.02 Å². The van der Waals surface area contributed by atoms with E-state index in [0.29, 0.717) is 22.1 Å². The van der Waals surface area contributed by atoms with Crippen LogP contribution in [0.1, 0.15) is 62.4 Å². The number of nitrogens with two attached hydrogens (primary N) is 1. The summed E-state index contributed by atoms with van der Waals surface area (Å²) in [5.74, 6) is 0.662. The Morgan fingerprint density at radius 2 is 2.00 bits per heavy atom. The number of thiazole rings is 1. The van der Waals surface area contributed by atoms with Gasteiger partial charge in [0.1, 0.15) is 0 Å². The number of nitrogen functional groups attached to an aromatic ring is 1. The molecule has 1 atom stereocenters. The molecule has 2 aromatic rings. The number of anilines is 1. The lowest BCUT2D eigenvalue weighted by Crippen LogP contribution is -2.41. The Labute approximate surface area is 207 Å². The Morgan fingerprint density at radius 1 is 1.21 bits per heavy atom. The highest BCUT2D eigenvalue weighted by Crippen LogP contribution is 2.32. The maximum atomic E-state index is 12.7. The summed E-state index contributed by atoms with van der Waals surface area (Å²) < 4.78 is 28.3. The third kappa shape index (κ3) is 6.48. The predicted octanol–water partition coefficient (Wildman–Crippen LogP) is 4.88. The molecule has 0 radical (unpaired) electrons. The number of fused-ring (bicyclic) bond motifs is 1. The topological polar surface area (TPSA) is 88.3 Å². The molecule has 2 aliphatic rings. The molecule has 1 saturated carbocycles. The first kappa shape index (κ1) is 24.9. The van der Waals surface area contributed by atoms with Gasteiger partial charge in [-0.3, -0.25) is 0 Å². The molecule has 33 heavy (non-hydrogen) atoms. The normalized spacial score (nSPS) is 23.5. The van der Waals surface area contributed by atoms with Crippen LogP contribution in [0.5, 0.6) is 0 Å². The first-order chi connectivity index (χ1) is 15.8. The summed E-state index contributed by atoms with van der Waals surface area (Å²) in [6, 6.07) is 7.05. The van der Waals surface area contributed by atoms with E-state index in [1.807, 2.05) is 0 Å². The maximum Gasteiger partial charge on any atom is 0.240 e. The van der Waals surface area contributed by atoms with Crippen molar-refractivity contribution in [3.63, 3.8) is 0 Å². The number of nitrogens with one attached hydrogen (secondary N) is 1. The molecule has 0 unspecified atom stereocenters. The van der Waals surface area contributed by atoms with E-state index >= 15 is 0 Å². The van der Waals surface area contributed by atoms with Crippen molar-refractivity contribution in [2.75, 3.05) is 18.8 Å². The third-order valence-electron chi connectivity index (χ3n) is 7.06. The van der Waals surface area contributed by atoms with Crippen LogP contribution in [0.25, 0.3) is 0 Å². The lowest BCUT2D eigenvalue weighted by atomic mass is 9.84. The number of hydrogen-bond donors (Lipinski definition) is 2. The van der Waals surface area contributed by atoms with Gasteiger partial charge >= 0.3 is 0 Å². The van der Waals surface area contributed by atoms with Crippen LogP contribution in [-0.4, -0.2) is 43.5 Å². The van der Waals surface area contributed by atoms with Gasteiger partial charge in [-0.2, -0.15) is 0 Å². The van der Waals surface area contributed by atoms with Crippen molar-refractivity contribution in [2.24, 2.45) is 5.92 Å². The number of aromatic nitrogens is 1. The van der Waals surface area contributed by atoms with Gasteiger partial charge in [-0.25, -0.2) is 18.1 Å². The zero-order chi connectivity index (χ0) is 23.4. The van der Waals surface area contributed by atoms with Gasteiger partial charge in [-0.15, -0.1) is 11.3 Å². The van der Waals surface area contributed by atoms with Gasteiger partial charge in [0.15, 0.2) is 5.13 Å². The van der Waals surface area contributed by atoms with E-state index in [-0.39, 0.29) is 10.9 Å². The smallest absolute Gasteiger partial charge is 0.240 e. The fourth-order valence-electron chi connectivity index (χ4n) is 5.29. The van der Waals surface area contributed by atoms with Crippen LogP contribution < -0.4 is 10.5 Å². The van der Waals surface area contributed by atoms with Gasteiger partial charge < -0.3 is 10.6 Å². The zero-order valence-electron chi connectivity index (χ0n) is 19.3. The van der Waals surface area contributed by atoms with Crippen molar-refractivity contribution in [3.8, 4) is 0 Å². The zero-order valence-corrected chi connectivity index (χ0v) is 21.7. The molecule has 4 rings (SSSR count). The first-order valence-corrected chi connectivity index (χ1v) is 14.8. The van der Waals surface area contributed by atoms with Crippen LogP contribution in [0.15, 0.2) is 29.2 Å². The van der Waals surface area contributed by atoms with E-state index in [2.05, 4.69) is 21.5 Å². The van der Waals surface area contributed by atoms with Crippen molar-refractivity contribution in [3.05, 3.63) is 39.9 Å². The summed E-state index contributed by atoms with van der Waals surface area (Å²) in [5.41, 5.74) is 7.14. The van der Waals surface area contributed by atoms with Gasteiger partial charge in [-0.1, -0.05) is 24.6 Å². The van der Waals surface area contributed by atoms with Crippen molar-refractivity contribution in [2.45, 2.75) is 81.7 Å². The maximum absolute atomic E-state index is 12.7. The number of aryl methyl sites for hydroxylation is 1. The largest absolute Gasteiger partial charge is 0.375 e. The number of rotatable bonds is 9. The van der Waals surface area contributed by atoms with Gasteiger partial charge in [0.2, 0.25) is 10.0 Å². The summed E-state index contributed by atoms with van der Waals surface area (Å²) in [5, 5.41) is 1.14. The van der Waals surface area contributed by atoms with E-state index in [1.54, 1.807) is 29.5 Å². The highest BCUT2D eigenvalue weighted by Gasteiger charge is 2.29. The quantitative estimate of drug-likeness (QED) is 0.502. The summed E-state index contributed by atoms with van der Waals surface area (Å²) in [7, 11) is -3.53. The van der Waals surface area contributed by atoms with Crippen LogP contribution in [-0.2, 0) is 22.9 Å². The standard InChI is InChI=1S/C24H35ClN4O2S2/c1-2-13-29(20-10-11-22-23(16-20)32-24(26)27-22)14-12-17-6-8-19(9-7-17)28-33(30,31)21-5-3-4-18(25)15-21/h3-5,15,17,19-20,28H,2,6-14,16H2,1H3,(H2,26,27)/t17?,19?,20-/m0/s1. The van der Waals surface area contributed by atoms with Crippen LogP contribution in [0, 0.1) is 5.92 Å². The van der Waals surface area contributed by atoms with Crippen LogP contribution in [0.4, 0.5) is 5.13 Å². The number of benzene rings is 1. The molecule has 0 saturated heterocycles. The summed E-state index contributed by atoms with van der Waals surface area (Å²) in [6.07, 6.45) is 9.54. The predicted molar refractivity (Wildman–Crippen MR) is 136 cm³/mol. The summed E-state index contributed by atoms with van der Waals surface area (Å²) in [6.45, 7) is 4.50. The molecular formula is C24H35ClN4O2S2. The van der Waals surface area contributed by atoms with Gasteiger partial charge in [0, 0.05) is 22.0 Å². The molecule has 182 valence electrons. The Bertz CT molecular complexity index is 1030. The van der Waals surface area contributed by atoms with E-state index in [0.717, 1.165) is 64.5 Å². The Morgan fingerprint density at radius 3 is 2.73 bits per heavy atom. The molecule has 1 aromatic heterocycles. The molecule has 1 heterocycles. The minimum atomic E-state index is -3.53. The van der Waals surface area contributed by atoms with Gasteiger partial charge in [0.05, 0.1) is 10.6 Å². The van der Waals surface area contributed by atoms with E-state index in [1.165, 1.54) is 23.1 Å². The number of halogens is 1. The van der Waals surface area contributed by atoms with Crippen molar-refractivity contribution in [1.82, 2.24) is 14.6 Å². The van der Waals surface area contributed by atoms with Gasteiger partial charge in [0.25, 0.3) is 0 Å². The minimum absolute atomic E-state index is 0.00512. The molecule has 1 aromatic carbocycles. The van der Waals surface area contributed by atoms with Gasteiger partial charge in [-0.05, 0) is 95.0 Å². The highest BCUT2D eigenvalue weighted by atomic mass is 35.5. The van der Waals surface area contributed by atoms with E-state index in [9.17, 15) is 8.42 Å². The van der Waals surface area contributed by atoms with E-state index in [4.69, 9.17) is 17.3 Å². The second kappa shape index (κ2) is 11.0. The molecule has 1 fully saturated rings. The average molecular weight is 511 g/mol. The second-order valence-corrected chi connectivity index (χ2v) is 12.7. The number of nitrogens with zero attached hydrogens (tertiary/aromatic N) is 2. The first-order valence-electron chi connectivity index (χ1n) is 12.1. The van der Waals surface area contributed by atoms with Crippen LogP contribution >= 0.6 is 22.9 Å². The molecular weight excluding hydrogens is 476 g/mol. The summed E-state index contributed by atoms with van der Waals surface area (Å²) in [4.78, 5) is 8.78. The minimum Gasteiger partial charge on any atom is -0.375 e. The van der Waals surface area contributed by atoms with E-state index < -0.39 is 10.0 Å². The van der Waals surface area contributed by atoms with Crippen molar-refractivity contribution < 1.29 is 8.42 Å². The Balaban J connectivity index is 1.26. The molecule has 3 N–H and O–H groups in total. The number of hydrogen-bond acceptors (Lipinski definition) is 6. The van der Waals surface area contributed by atoms with Crippen molar-refractivity contribution >= 4 is 38.1 Å². The molecule has 6 nitrogen and oxygen atoms in total. The fourth-order valence-corrected chi connectivity index (χ4v) is 7.85. The third-order valence-corrected chi connectivity index (χ3v) is 9.76. The lowest BCUT2D eigenvalue weighted by molar-refractivity contribution is 0.158. The fraction of sp³-hybridized carbons (Fsp3) is 0.625. The highest BCUT2D eigenvalue weighted by molar-refractivity contribution is 7.89. The Kier molecular flexibility index (Phi) is 8.33. The molecule has 0 aliphatic heterocycles. The van der Waals surface area contributed by atoms with Crippen LogP contribution in [0.3, 0.4) is 0 Å². The molecule has 0 amide bonds. The SMILES string of the molecule is CCCN(CCC1CCC(NS(=O)(=O)c2cccc(Cl)c2)CC1)[C@H]1CCc2nc(N)sc2C1. The molecule has 0 spiro atoms. The molecule has 2 aliphatic carbocycles. The van der Waals surface area contributed by atoms with Crippen molar-refractivity contribution in [1.29, 1.82) is 0 Å². The molecule has 9 heteroatoms.